The highest BCUT2D eigenvalue weighted by molar-refractivity contribution is 5.78. The number of hydrogen-bond donors (Lipinski definition) is 1. The monoisotopic (exact) mass is 308 g/mol. The van der Waals surface area contributed by atoms with E-state index >= 15 is 0 Å². The lowest BCUT2D eigenvalue weighted by molar-refractivity contribution is -0.126. The molecule has 0 atom stereocenters. The molecular weight excluding hydrogens is 283 g/mol. The Kier molecular flexibility index (Phi) is 6.65. The highest BCUT2D eigenvalue weighted by Gasteiger charge is 2.24. The summed E-state index contributed by atoms with van der Waals surface area (Å²) in [7, 11) is 0. The van der Waals surface area contributed by atoms with E-state index in [2.05, 4.69) is 17.1 Å². The summed E-state index contributed by atoms with van der Waals surface area (Å²) in [5.41, 5.74) is 0. The maximum atomic E-state index is 13.4. The van der Waals surface area contributed by atoms with Crippen LogP contribution in [0.5, 0.6) is 5.75 Å². The second-order valence-electron chi connectivity index (χ2n) is 5.69. The number of nitrogens with zero attached hydrogens (tertiary/aromatic N) is 1. The van der Waals surface area contributed by atoms with Crippen molar-refractivity contribution < 1.29 is 13.9 Å². The number of para-hydroxylation sites is 1. The summed E-state index contributed by atoms with van der Waals surface area (Å²) in [6, 6.07) is 6.45. The summed E-state index contributed by atoms with van der Waals surface area (Å²) in [4.78, 5) is 14.2. The summed E-state index contributed by atoms with van der Waals surface area (Å²) >= 11 is 0. The van der Waals surface area contributed by atoms with E-state index < -0.39 is 0 Å². The standard InChI is InChI=1S/C17H25FN2O2/c1-2-9-19-17(21)14-7-10-20(11-8-14)12-13-22-16-6-4-3-5-15(16)18/h3-6,14H,2,7-13H2,1H3,(H,19,21). The van der Waals surface area contributed by atoms with E-state index in [0.717, 1.165) is 45.4 Å². The van der Waals surface area contributed by atoms with Crippen molar-refractivity contribution in [2.45, 2.75) is 26.2 Å². The van der Waals surface area contributed by atoms with Crippen LogP contribution in [0, 0.1) is 11.7 Å². The molecule has 0 aliphatic carbocycles. The second-order valence-corrected chi connectivity index (χ2v) is 5.69. The third kappa shape index (κ3) is 4.98. The van der Waals surface area contributed by atoms with Crippen molar-refractivity contribution in [3.63, 3.8) is 0 Å². The lowest BCUT2D eigenvalue weighted by Gasteiger charge is -2.31. The number of ether oxygens (including phenoxy) is 1. The molecule has 122 valence electrons. The molecule has 1 amide bonds. The van der Waals surface area contributed by atoms with E-state index in [1.165, 1.54) is 6.07 Å². The van der Waals surface area contributed by atoms with Gasteiger partial charge in [0, 0.05) is 19.0 Å². The van der Waals surface area contributed by atoms with Crippen molar-refractivity contribution in [2.24, 2.45) is 5.92 Å². The first-order valence-electron chi connectivity index (χ1n) is 8.08. The average Bonchev–Trinajstić information content (AvgIpc) is 2.55. The van der Waals surface area contributed by atoms with Crippen LogP contribution in [0.3, 0.4) is 0 Å². The van der Waals surface area contributed by atoms with Crippen LogP contribution in [-0.2, 0) is 4.79 Å². The fourth-order valence-electron chi connectivity index (χ4n) is 2.66. The van der Waals surface area contributed by atoms with E-state index in [1.54, 1.807) is 18.2 Å². The minimum absolute atomic E-state index is 0.135. The van der Waals surface area contributed by atoms with Crippen LogP contribution in [0.4, 0.5) is 4.39 Å². The van der Waals surface area contributed by atoms with Crippen molar-refractivity contribution in [2.75, 3.05) is 32.8 Å². The third-order valence-electron chi connectivity index (χ3n) is 4.01. The Morgan fingerprint density at radius 2 is 2.09 bits per heavy atom. The normalized spacial score (nSPS) is 16.5. The minimum atomic E-state index is -0.325. The number of carbonyl (C=O) groups excluding carboxylic acids is 1. The van der Waals surface area contributed by atoms with Gasteiger partial charge in [0.05, 0.1) is 0 Å². The van der Waals surface area contributed by atoms with E-state index in [0.29, 0.717) is 12.4 Å². The molecule has 0 unspecified atom stereocenters. The number of carbonyl (C=O) groups is 1. The molecule has 0 radical (unpaired) electrons. The van der Waals surface area contributed by atoms with Crippen LogP contribution in [0.25, 0.3) is 0 Å². The number of hydrogen-bond acceptors (Lipinski definition) is 3. The zero-order chi connectivity index (χ0) is 15.8. The van der Waals surface area contributed by atoms with E-state index in [-0.39, 0.29) is 17.6 Å². The number of amides is 1. The predicted molar refractivity (Wildman–Crippen MR) is 84.4 cm³/mol. The molecule has 1 aliphatic rings. The number of rotatable bonds is 7. The minimum Gasteiger partial charge on any atom is -0.489 e. The summed E-state index contributed by atoms with van der Waals surface area (Å²) in [6.07, 6.45) is 2.74. The van der Waals surface area contributed by atoms with Gasteiger partial charge >= 0.3 is 0 Å². The molecule has 1 N–H and O–H groups in total. The number of nitrogens with one attached hydrogen (secondary N) is 1. The number of likely N-dealkylation sites (tertiary alicyclic amines) is 1. The van der Waals surface area contributed by atoms with Gasteiger partial charge in [-0.3, -0.25) is 9.69 Å². The van der Waals surface area contributed by atoms with Crippen LogP contribution in [0.1, 0.15) is 26.2 Å². The molecule has 0 bridgehead atoms. The highest BCUT2D eigenvalue weighted by Crippen LogP contribution is 2.18. The molecule has 1 aromatic rings. The molecule has 0 aromatic heterocycles. The molecule has 1 heterocycles. The van der Waals surface area contributed by atoms with Gasteiger partial charge in [-0.15, -0.1) is 0 Å². The Morgan fingerprint density at radius 3 is 2.77 bits per heavy atom. The van der Waals surface area contributed by atoms with Crippen molar-refractivity contribution in [1.82, 2.24) is 10.2 Å². The van der Waals surface area contributed by atoms with Crippen LogP contribution < -0.4 is 10.1 Å². The molecule has 22 heavy (non-hydrogen) atoms. The first-order valence-corrected chi connectivity index (χ1v) is 8.08. The second kappa shape index (κ2) is 8.73. The highest BCUT2D eigenvalue weighted by atomic mass is 19.1. The molecule has 5 heteroatoms. The Labute approximate surface area is 131 Å². The smallest absolute Gasteiger partial charge is 0.223 e. The van der Waals surface area contributed by atoms with Gasteiger partial charge in [0.25, 0.3) is 0 Å². The fourth-order valence-corrected chi connectivity index (χ4v) is 2.66. The zero-order valence-electron chi connectivity index (χ0n) is 13.2. The Balaban J connectivity index is 1.65. The van der Waals surface area contributed by atoms with Crippen molar-refractivity contribution in [1.29, 1.82) is 0 Å². The van der Waals surface area contributed by atoms with Crippen molar-refractivity contribution in [3.8, 4) is 5.75 Å². The molecule has 0 saturated carbocycles. The maximum absolute atomic E-state index is 13.4. The van der Waals surface area contributed by atoms with E-state index in [9.17, 15) is 9.18 Å². The van der Waals surface area contributed by atoms with Gasteiger partial charge in [0.2, 0.25) is 5.91 Å². The Bertz CT molecular complexity index is 473. The van der Waals surface area contributed by atoms with Crippen LogP contribution in [-0.4, -0.2) is 43.6 Å². The summed E-state index contributed by atoms with van der Waals surface area (Å²) in [5, 5.41) is 2.96. The molecule has 1 saturated heterocycles. The van der Waals surface area contributed by atoms with Crippen LogP contribution >= 0.6 is 0 Å². The van der Waals surface area contributed by atoms with E-state index in [1.807, 2.05) is 0 Å². The Morgan fingerprint density at radius 1 is 1.36 bits per heavy atom. The molecule has 1 aliphatic heterocycles. The average molecular weight is 308 g/mol. The third-order valence-corrected chi connectivity index (χ3v) is 4.01. The maximum Gasteiger partial charge on any atom is 0.223 e. The van der Waals surface area contributed by atoms with Gasteiger partial charge in [-0.05, 0) is 44.5 Å². The van der Waals surface area contributed by atoms with Crippen LogP contribution in [0.2, 0.25) is 0 Å². The predicted octanol–water partition coefficient (Wildman–Crippen LogP) is 2.44. The molecule has 4 nitrogen and oxygen atoms in total. The molecule has 1 aromatic carbocycles. The quantitative estimate of drug-likeness (QED) is 0.841. The lowest BCUT2D eigenvalue weighted by atomic mass is 9.96. The molecular formula is C17H25FN2O2. The fraction of sp³-hybridized carbons (Fsp3) is 0.588. The molecule has 1 fully saturated rings. The van der Waals surface area contributed by atoms with Gasteiger partial charge in [-0.1, -0.05) is 19.1 Å². The first kappa shape index (κ1) is 16.7. The van der Waals surface area contributed by atoms with Gasteiger partial charge in [-0.2, -0.15) is 0 Å². The van der Waals surface area contributed by atoms with Gasteiger partial charge in [-0.25, -0.2) is 4.39 Å². The SMILES string of the molecule is CCCNC(=O)C1CCN(CCOc2ccccc2F)CC1. The van der Waals surface area contributed by atoms with Gasteiger partial charge in [0.15, 0.2) is 11.6 Å². The lowest BCUT2D eigenvalue weighted by Crippen LogP contribution is -2.41. The Hall–Kier alpha value is -1.62. The summed E-state index contributed by atoms with van der Waals surface area (Å²) in [6.45, 7) is 5.83. The zero-order valence-corrected chi connectivity index (χ0v) is 13.2. The van der Waals surface area contributed by atoms with Gasteiger partial charge in [0.1, 0.15) is 6.61 Å². The van der Waals surface area contributed by atoms with Crippen molar-refractivity contribution >= 4 is 5.91 Å². The van der Waals surface area contributed by atoms with Crippen molar-refractivity contribution in [3.05, 3.63) is 30.1 Å². The molecule has 0 spiro atoms. The number of piperidine rings is 1. The summed E-state index contributed by atoms with van der Waals surface area (Å²) in [5.74, 6) is 0.296. The number of halogens is 1. The van der Waals surface area contributed by atoms with Gasteiger partial charge < -0.3 is 10.1 Å². The largest absolute Gasteiger partial charge is 0.489 e. The first-order chi connectivity index (χ1) is 10.7. The number of benzene rings is 1. The topological polar surface area (TPSA) is 41.6 Å². The van der Waals surface area contributed by atoms with E-state index in [4.69, 9.17) is 4.74 Å². The summed E-state index contributed by atoms with van der Waals surface area (Å²) < 4.78 is 18.9. The van der Waals surface area contributed by atoms with Crippen LogP contribution in [0.15, 0.2) is 24.3 Å². The molecule has 2 rings (SSSR count).